The van der Waals surface area contributed by atoms with Crippen LogP contribution >= 0.6 is 0 Å². The van der Waals surface area contributed by atoms with Crippen LogP contribution in [-0.2, 0) is 13.1 Å². The molecule has 0 atom stereocenters. The van der Waals surface area contributed by atoms with Crippen LogP contribution in [0.5, 0.6) is 0 Å². The van der Waals surface area contributed by atoms with Crippen molar-refractivity contribution in [2.45, 2.75) is 26.9 Å². The van der Waals surface area contributed by atoms with Crippen LogP contribution in [0.15, 0.2) is 48.7 Å². The van der Waals surface area contributed by atoms with Crippen LogP contribution in [0.25, 0.3) is 22.3 Å². The monoisotopic (exact) mass is 315 g/mol. The summed E-state index contributed by atoms with van der Waals surface area (Å²) in [4.78, 5) is 11.5. The summed E-state index contributed by atoms with van der Waals surface area (Å²) in [7, 11) is 2.15. The molecule has 0 fully saturated rings. The standard InChI is InChI=1S/C21H21N3/c1-14-6-9-19-20-11-16(18-5-4-10-22-15(18)2)7-8-17(20)12-24(3)13-21(19)23-14/h4-11H,12-13H2,1-3H3. The minimum Gasteiger partial charge on any atom is -0.296 e. The van der Waals surface area contributed by atoms with Gasteiger partial charge in [-0.05, 0) is 55.8 Å². The molecular weight excluding hydrogens is 294 g/mol. The number of rotatable bonds is 1. The Kier molecular flexibility index (Phi) is 3.66. The highest BCUT2D eigenvalue weighted by Gasteiger charge is 2.19. The fourth-order valence-corrected chi connectivity index (χ4v) is 3.50. The average molecular weight is 315 g/mol. The third-order valence-electron chi connectivity index (χ3n) is 4.69. The maximum atomic E-state index is 4.79. The molecule has 0 saturated carbocycles. The highest BCUT2D eigenvalue weighted by atomic mass is 15.1. The van der Waals surface area contributed by atoms with E-state index < -0.39 is 0 Å². The summed E-state index contributed by atoms with van der Waals surface area (Å²) in [5.41, 5.74) is 9.61. The van der Waals surface area contributed by atoms with E-state index in [9.17, 15) is 0 Å². The van der Waals surface area contributed by atoms with Crippen molar-refractivity contribution < 1.29 is 0 Å². The van der Waals surface area contributed by atoms with Crippen LogP contribution in [-0.4, -0.2) is 21.9 Å². The van der Waals surface area contributed by atoms with Gasteiger partial charge in [-0.15, -0.1) is 0 Å². The Bertz CT molecular complexity index is 915. The zero-order chi connectivity index (χ0) is 16.7. The molecule has 0 amide bonds. The lowest BCUT2D eigenvalue weighted by atomic mass is 9.94. The Morgan fingerprint density at radius 3 is 2.62 bits per heavy atom. The number of nitrogens with zero attached hydrogens (tertiary/aromatic N) is 3. The Morgan fingerprint density at radius 2 is 1.79 bits per heavy atom. The number of aryl methyl sites for hydroxylation is 2. The van der Waals surface area contributed by atoms with Gasteiger partial charge < -0.3 is 0 Å². The number of aromatic nitrogens is 2. The smallest absolute Gasteiger partial charge is 0.0625 e. The average Bonchev–Trinajstić information content (AvgIpc) is 2.69. The van der Waals surface area contributed by atoms with Crippen LogP contribution in [0.2, 0.25) is 0 Å². The van der Waals surface area contributed by atoms with Crippen molar-refractivity contribution in [3.05, 3.63) is 71.3 Å². The molecule has 1 aliphatic heterocycles. The van der Waals surface area contributed by atoms with Crippen LogP contribution in [0, 0.1) is 13.8 Å². The normalized spacial score (nSPS) is 14.0. The predicted octanol–water partition coefficient (Wildman–Crippen LogP) is 4.37. The molecule has 3 nitrogen and oxygen atoms in total. The summed E-state index contributed by atoms with van der Waals surface area (Å²) < 4.78 is 0. The summed E-state index contributed by atoms with van der Waals surface area (Å²) >= 11 is 0. The Labute approximate surface area is 143 Å². The molecular formula is C21H21N3. The van der Waals surface area contributed by atoms with Gasteiger partial charge in [0.25, 0.3) is 0 Å². The highest BCUT2D eigenvalue weighted by molar-refractivity contribution is 5.78. The van der Waals surface area contributed by atoms with Gasteiger partial charge in [-0.1, -0.05) is 24.3 Å². The molecule has 1 aromatic carbocycles. The van der Waals surface area contributed by atoms with Crippen molar-refractivity contribution in [1.82, 2.24) is 14.9 Å². The van der Waals surface area contributed by atoms with Crippen molar-refractivity contribution in [3.8, 4) is 22.3 Å². The molecule has 0 spiro atoms. The molecule has 0 saturated heterocycles. The van der Waals surface area contributed by atoms with Gasteiger partial charge in [0.1, 0.15) is 0 Å². The first-order valence-corrected chi connectivity index (χ1v) is 8.32. The molecule has 0 unspecified atom stereocenters. The Morgan fingerprint density at radius 1 is 0.917 bits per heavy atom. The number of pyridine rings is 2. The third-order valence-corrected chi connectivity index (χ3v) is 4.69. The molecule has 3 heterocycles. The van der Waals surface area contributed by atoms with E-state index in [1.54, 1.807) is 0 Å². The van der Waals surface area contributed by atoms with E-state index in [4.69, 9.17) is 4.98 Å². The van der Waals surface area contributed by atoms with Gasteiger partial charge in [0.2, 0.25) is 0 Å². The van der Waals surface area contributed by atoms with Crippen molar-refractivity contribution in [2.24, 2.45) is 0 Å². The fraction of sp³-hybridized carbons (Fsp3) is 0.238. The van der Waals surface area contributed by atoms with Gasteiger partial charge in [0.05, 0.1) is 5.69 Å². The largest absolute Gasteiger partial charge is 0.296 e. The maximum Gasteiger partial charge on any atom is 0.0625 e. The van der Waals surface area contributed by atoms with Gasteiger partial charge in [0, 0.05) is 41.8 Å². The van der Waals surface area contributed by atoms with Gasteiger partial charge in [-0.3, -0.25) is 14.9 Å². The van der Waals surface area contributed by atoms with Crippen molar-refractivity contribution >= 4 is 0 Å². The molecule has 1 aliphatic rings. The summed E-state index contributed by atoms with van der Waals surface area (Å²) in [6.45, 7) is 5.94. The first kappa shape index (κ1) is 15.0. The molecule has 0 aliphatic carbocycles. The van der Waals surface area contributed by atoms with E-state index in [0.717, 1.165) is 30.2 Å². The molecule has 3 aromatic rings. The number of hydrogen-bond acceptors (Lipinski definition) is 3. The third kappa shape index (κ3) is 2.61. The molecule has 0 radical (unpaired) electrons. The Balaban J connectivity index is 1.93. The van der Waals surface area contributed by atoms with E-state index in [2.05, 4.69) is 67.2 Å². The van der Waals surface area contributed by atoms with Crippen molar-refractivity contribution in [2.75, 3.05) is 7.05 Å². The molecule has 24 heavy (non-hydrogen) atoms. The van der Waals surface area contributed by atoms with Crippen LogP contribution in [0.3, 0.4) is 0 Å². The van der Waals surface area contributed by atoms with E-state index in [0.29, 0.717) is 0 Å². The molecule has 0 bridgehead atoms. The lowest BCUT2D eigenvalue weighted by Gasteiger charge is -2.14. The molecule has 120 valence electrons. The molecule has 2 aromatic heterocycles. The van der Waals surface area contributed by atoms with Gasteiger partial charge in [-0.25, -0.2) is 0 Å². The van der Waals surface area contributed by atoms with Gasteiger partial charge >= 0.3 is 0 Å². The van der Waals surface area contributed by atoms with Gasteiger partial charge in [-0.2, -0.15) is 0 Å². The fourth-order valence-electron chi connectivity index (χ4n) is 3.50. The number of fused-ring (bicyclic) bond motifs is 3. The minimum absolute atomic E-state index is 0.882. The molecule has 4 rings (SSSR count). The number of hydrogen-bond donors (Lipinski definition) is 0. The maximum absolute atomic E-state index is 4.79. The van der Waals surface area contributed by atoms with E-state index in [-0.39, 0.29) is 0 Å². The highest BCUT2D eigenvalue weighted by Crippen LogP contribution is 2.35. The summed E-state index contributed by atoms with van der Waals surface area (Å²) in [5.74, 6) is 0. The van der Waals surface area contributed by atoms with Crippen LogP contribution in [0.4, 0.5) is 0 Å². The van der Waals surface area contributed by atoms with Crippen molar-refractivity contribution in [3.63, 3.8) is 0 Å². The summed E-state index contributed by atoms with van der Waals surface area (Å²) in [5, 5.41) is 0. The second-order valence-electron chi connectivity index (χ2n) is 6.63. The summed E-state index contributed by atoms with van der Waals surface area (Å²) in [6, 6.07) is 15.2. The lowest BCUT2D eigenvalue weighted by Crippen LogP contribution is -2.16. The SMILES string of the molecule is Cc1ccc2c(n1)CN(C)Cc1ccc(-c3cccnc3C)cc1-2. The first-order chi connectivity index (χ1) is 11.6. The second-order valence-corrected chi connectivity index (χ2v) is 6.63. The van der Waals surface area contributed by atoms with E-state index >= 15 is 0 Å². The minimum atomic E-state index is 0.882. The van der Waals surface area contributed by atoms with E-state index in [1.807, 2.05) is 12.3 Å². The van der Waals surface area contributed by atoms with Crippen LogP contribution < -0.4 is 0 Å². The van der Waals surface area contributed by atoms with Crippen LogP contribution in [0.1, 0.15) is 22.6 Å². The molecule has 3 heteroatoms. The van der Waals surface area contributed by atoms with Crippen molar-refractivity contribution in [1.29, 1.82) is 0 Å². The quantitative estimate of drug-likeness (QED) is 0.667. The van der Waals surface area contributed by atoms with E-state index in [1.165, 1.54) is 27.8 Å². The zero-order valence-corrected chi connectivity index (χ0v) is 14.4. The lowest BCUT2D eigenvalue weighted by molar-refractivity contribution is 0.319. The number of benzene rings is 1. The second kappa shape index (κ2) is 5.84. The van der Waals surface area contributed by atoms with Gasteiger partial charge in [0.15, 0.2) is 0 Å². The summed E-state index contributed by atoms with van der Waals surface area (Å²) in [6.07, 6.45) is 1.85. The zero-order valence-electron chi connectivity index (χ0n) is 14.4. The Hall–Kier alpha value is -2.52. The topological polar surface area (TPSA) is 29.0 Å². The predicted molar refractivity (Wildman–Crippen MR) is 97.5 cm³/mol. The molecule has 0 N–H and O–H groups in total. The first-order valence-electron chi connectivity index (χ1n) is 8.32.